The van der Waals surface area contributed by atoms with Gasteiger partial charge in [-0.2, -0.15) is 0 Å². The molecule has 11 heavy (non-hydrogen) atoms. The molecule has 0 aliphatic carbocycles. The van der Waals surface area contributed by atoms with Crippen LogP contribution >= 0.6 is 46.1 Å². The maximum Gasteiger partial charge on any atom is 0.0452 e. The molecule has 0 amide bonds. The molecule has 0 radical (unpaired) electrons. The highest BCUT2D eigenvalue weighted by atomic mass is 127. The van der Waals surface area contributed by atoms with Crippen LogP contribution in [0, 0.1) is 0 Å². The van der Waals surface area contributed by atoms with Gasteiger partial charge in [-0.3, -0.25) is 3.53 Å². The highest BCUT2D eigenvalue weighted by Crippen LogP contribution is 2.20. The van der Waals surface area contributed by atoms with E-state index in [1.807, 2.05) is 6.07 Å². The largest absolute Gasteiger partial charge is 0.257 e. The minimum atomic E-state index is 0.719. The topological polar surface area (TPSA) is 12.0 Å². The first-order chi connectivity index (χ1) is 5.24. The number of rotatable bonds is 2. The Balaban J connectivity index is 2.93. The third kappa shape index (κ3) is 2.78. The van der Waals surface area contributed by atoms with Gasteiger partial charge in [-0.15, -0.1) is 0 Å². The predicted molar refractivity (Wildman–Crippen MR) is 57.3 cm³/mol. The summed E-state index contributed by atoms with van der Waals surface area (Å²) < 4.78 is 2.98. The van der Waals surface area contributed by atoms with E-state index in [-0.39, 0.29) is 0 Å². The van der Waals surface area contributed by atoms with Gasteiger partial charge in [-0.1, -0.05) is 23.2 Å². The predicted octanol–water partition coefficient (Wildman–Crippen LogP) is 3.43. The van der Waals surface area contributed by atoms with Crippen LogP contribution in [-0.2, 0) is 6.54 Å². The summed E-state index contributed by atoms with van der Waals surface area (Å²) in [5.74, 6) is 0. The normalized spacial score (nSPS) is 10.1. The van der Waals surface area contributed by atoms with Crippen LogP contribution in [0.1, 0.15) is 5.56 Å². The Labute approximate surface area is 89.6 Å². The van der Waals surface area contributed by atoms with Crippen LogP contribution < -0.4 is 3.53 Å². The molecular formula is C7H6Cl2IN. The van der Waals surface area contributed by atoms with Gasteiger partial charge in [0.1, 0.15) is 0 Å². The van der Waals surface area contributed by atoms with Gasteiger partial charge in [0.15, 0.2) is 0 Å². The van der Waals surface area contributed by atoms with Gasteiger partial charge < -0.3 is 0 Å². The van der Waals surface area contributed by atoms with Crippen molar-refractivity contribution in [3.05, 3.63) is 33.8 Å². The van der Waals surface area contributed by atoms with Crippen LogP contribution in [0.25, 0.3) is 0 Å². The molecule has 0 fully saturated rings. The Morgan fingerprint density at radius 3 is 2.73 bits per heavy atom. The molecule has 0 aromatic heterocycles. The monoisotopic (exact) mass is 301 g/mol. The molecule has 0 saturated carbocycles. The molecule has 0 saturated heterocycles. The zero-order valence-corrected chi connectivity index (χ0v) is 9.24. The van der Waals surface area contributed by atoms with Gasteiger partial charge >= 0.3 is 0 Å². The first-order valence-corrected chi connectivity index (χ1v) is 4.85. The molecule has 0 atom stereocenters. The molecule has 0 bridgehead atoms. The molecule has 60 valence electrons. The molecule has 0 aliphatic heterocycles. The summed E-state index contributed by atoms with van der Waals surface area (Å²) in [6.07, 6.45) is 0. The smallest absolute Gasteiger partial charge is 0.0452 e. The van der Waals surface area contributed by atoms with Gasteiger partial charge in [0.25, 0.3) is 0 Å². The fraction of sp³-hybridized carbons (Fsp3) is 0.143. The Morgan fingerprint density at radius 2 is 2.09 bits per heavy atom. The molecule has 1 aromatic carbocycles. The molecule has 1 nitrogen and oxygen atoms in total. The second-order valence-electron chi connectivity index (χ2n) is 2.05. The van der Waals surface area contributed by atoms with E-state index in [0.717, 1.165) is 22.2 Å². The lowest BCUT2D eigenvalue weighted by Crippen LogP contribution is -1.97. The van der Waals surface area contributed by atoms with Gasteiger partial charge in [-0.05, 0) is 23.8 Å². The number of hydrogen-bond donors (Lipinski definition) is 1. The number of hydrogen-bond acceptors (Lipinski definition) is 1. The Kier molecular flexibility index (Phi) is 3.92. The van der Waals surface area contributed by atoms with E-state index in [4.69, 9.17) is 23.2 Å². The second-order valence-corrected chi connectivity index (χ2v) is 3.65. The van der Waals surface area contributed by atoms with Crippen molar-refractivity contribution in [1.82, 2.24) is 3.53 Å². The van der Waals surface area contributed by atoms with Crippen LogP contribution in [0.3, 0.4) is 0 Å². The lowest BCUT2D eigenvalue weighted by Gasteiger charge is -2.01. The van der Waals surface area contributed by atoms with Crippen molar-refractivity contribution in [3.8, 4) is 0 Å². The van der Waals surface area contributed by atoms with E-state index in [2.05, 4.69) is 26.4 Å². The summed E-state index contributed by atoms with van der Waals surface area (Å²) in [7, 11) is 0. The quantitative estimate of drug-likeness (QED) is 0.652. The number of benzene rings is 1. The first kappa shape index (κ1) is 9.58. The van der Waals surface area contributed by atoms with Crippen LogP contribution in [0.15, 0.2) is 18.2 Å². The lowest BCUT2D eigenvalue weighted by atomic mass is 10.2. The molecule has 1 N–H and O–H groups in total. The number of halogens is 3. The maximum atomic E-state index is 5.87. The average Bonchev–Trinajstić information content (AvgIpc) is 1.98. The van der Waals surface area contributed by atoms with Crippen LogP contribution in [0.4, 0.5) is 0 Å². The summed E-state index contributed by atoms with van der Waals surface area (Å²) in [6.45, 7) is 0.736. The van der Waals surface area contributed by atoms with Crippen molar-refractivity contribution in [3.63, 3.8) is 0 Å². The van der Waals surface area contributed by atoms with Crippen LogP contribution in [-0.4, -0.2) is 0 Å². The third-order valence-electron chi connectivity index (χ3n) is 1.27. The standard InChI is InChI=1S/C7H6Cl2IN/c8-6-1-2-7(9)5(3-6)4-11-10/h1-3,11H,4H2. The molecule has 0 unspecified atom stereocenters. The van der Waals surface area contributed by atoms with E-state index in [9.17, 15) is 0 Å². The minimum absolute atomic E-state index is 0.719. The fourth-order valence-electron chi connectivity index (χ4n) is 0.751. The van der Waals surface area contributed by atoms with Crippen LogP contribution in [0.2, 0.25) is 10.0 Å². The highest BCUT2D eigenvalue weighted by Gasteiger charge is 1.98. The molecular weight excluding hydrogens is 296 g/mol. The number of nitrogens with one attached hydrogen (secondary N) is 1. The molecule has 0 spiro atoms. The Morgan fingerprint density at radius 1 is 1.36 bits per heavy atom. The van der Waals surface area contributed by atoms with Gasteiger partial charge in [0, 0.05) is 39.5 Å². The third-order valence-corrected chi connectivity index (χ3v) is 2.25. The van der Waals surface area contributed by atoms with Gasteiger partial charge in [-0.25, -0.2) is 0 Å². The first-order valence-electron chi connectivity index (χ1n) is 3.01. The fourth-order valence-corrected chi connectivity index (χ4v) is 1.54. The van der Waals surface area contributed by atoms with Gasteiger partial charge in [0.05, 0.1) is 0 Å². The zero-order valence-electron chi connectivity index (χ0n) is 5.57. The van der Waals surface area contributed by atoms with Crippen molar-refractivity contribution in [2.45, 2.75) is 6.54 Å². The summed E-state index contributed by atoms with van der Waals surface area (Å²) in [6, 6.07) is 5.43. The van der Waals surface area contributed by atoms with Crippen LogP contribution in [0.5, 0.6) is 0 Å². The van der Waals surface area contributed by atoms with Crippen molar-refractivity contribution >= 4 is 46.1 Å². The summed E-state index contributed by atoms with van der Waals surface area (Å²) in [5.41, 5.74) is 1.02. The maximum absolute atomic E-state index is 5.87. The Bertz CT molecular complexity index is 252. The lowest BCUT2D eigenvalue weighted by molar-refractivity contribution is 1.01. The minimum Gasteiger partial charge on any atom is -0.257 e. The zero-order chi connectivity index (χ0) is 8.27. The SMILES string of the molecule is Clc1ccc(Cl)c(CNI)c1. The van der Waals surface area contributed by atoms with Crippen molar-refractivity contribution in [2.75, 3.05) is 0 Å². The molecule has 1 aromatic rings. The highest BCUT2D eigenvalue weighted by molar-refractivity contribution is 14.1. The van der Waals surface area contributed by atoms with E-state index < -0.39 is 0 Å². The van der Waals surface area contributed by atoms with Gasteiger partial charge in [0.2, 0.25) is 0 Å². The summed E-state index contributed by atoms with van der Waals surface area (Å²) >= 11 is 13.7. The van der Waals surface area contributed by atoms with E-state index in [0.29, 0.717) is 0 Å². The van der Waals surface area contributed by atoms with Crippen molar-refractivity contribution in [1.29, 1.82) is 0 Å². The van der Waals surface area contributed by atoms with E-state index >= 15 is 0 Å². The summed E-state index contributed by atoms with van der Waals surface area (Å²) in [5, 5.41) is 1.47. The molecule has 0 heterocycles. The second kappa shape index (κ2) is 4.50. The average molecular weight is 302 g/mol. The molecule has 1 rings (SSSR count). The molecule has 4 heteroatoms. The van der Waals surface area contributed by atoms with Crippen molar-refractivity contribution < 1.29 is 0 Å². The summed E-state index contributed by atoms with van der Waals surface area (Å²) in [4.78, 5) is 0. The van der Waals surface area contributed by atoms with Crippen molar-refractivity contribution in [2.24, 2.45) is 0 Å². The Hall–Kier alpha value is 0.490. The van der Waals surface area contributed by atoms with E-state index in [1.54, 1.807) is 12.1 Å². The molecule has 0 aliphatic rings. The van der Waals surface area contributed by atoms with E-state index in [1.165, 1.54) is 0 Å².